The molecule has 0 aromatic heterocycles. The van der Waals surface area contributed by atoms with Gasteiger partial charge in [0.1, 0.15) is 12.4 Å². The molecular weight excluding hydrogens is 452 g/mol. The molecule has 36 heavy (non-hydrogen) atoms. The Bertz CT molecular complexity index is 1150. The number of rotatable bonds is 6. The smallest absolute Gasteiger partial charge is 0.253 e. The van der Waals surface area contributed by atoms with Crippen molar-refractivity contribution in [3.63, 3.8) is 0 Å². The van der Waals surface area contributed by atoms with Crippen molar-refractivity contribution in [1.29, 1.82) is 0 Å². The molecule has 0 aliphatic carbocycles. The van der Waals surface area contributed by atoms with Crippen molar-refractivity contribution >= 4 is 11.8 Å². The Hall–Kier alpha value is -3.64. The summed E-state index contributed by atoms with van der Waals surface area (Å²) >= 11 is 0. The van der Waals surface area contributed by atoms with Gasteiger partial charge in [0.25, 0.3) is 5.91 Å². The van der Waals surface area contributed by atoms with Crippen LogP contribution in [0, 0.1) is 0 Å². The second kappa shape index (κ2) is 11.0. The van der Waals surface area contributed by atoms with Gasteiger partial charge in [-0.3, -0.25) is 9.59 Å². The summed E-state index contributed by atoms with van der Waals surface area (Å²) in [5.41, 5.74) is 2.25. The van der Waals surface area contributed by atoms with Crippen LogP contribution in [0.25, 0.3) is 0 Å². The predicted molar refractivity (Wildman–Crippen MR) is 138 cm³/mol. The van der Waals surface area contributed by atoms with Crippen molar-refractivity contribution in [1.82, 2.24) is 9.80 Å². The highest BCUT2D eigenvalue weighted by atomic mass is 16.5. The minimum Gasteiger partial charge on any atom is -0.489 e. The van der Waals surface area contributed by atoms with Gasteiger partial charge in [0, 0.05) is 45.0 Å². The van der Waals surface area contributed by atoms with Crippen LogP contribution < -0.4 is 4.74 Å². The van der Waals surface area contributed by atoms with Crippen LogP contribution >= 0.6 is 0 Å². The van der Waals surface area contributed by atoms with Gasteiger partial charge in [-0.1, -0.05) is 60.7 Å². The van der Waals surface area contributed by atoms with Crippen molar-refractivity contribution in [2.24, 2.45) is 0 Å². The molecule has 3 aromatic rings. The lowest BCUT2D eigenvalue weighted by Gasteiger charge is -2.43. The van der Waals surface area contributed by atoms with Crippen LogP contribution in [0.3, 0.4) is 0 Å². The van der Waals surface area contributed by atoms with E-state index < -0.39 is 5.41 Å². The number of benzene rings is 3. The Morgan fingerprint density at radius 1 is 0.750 bits per heavy atom. The number of carbonyl (C=O) groups is 2. The quantitative estimate of drug-likeness (QED) is 0.524. The Morgan fingerprint density at radius 2 is 1.33 bits per heavy atom. The molecule has 2 amide bonds. The zero-order valence-electron chi connectivity index (χ0n) is 20.5. The molecule has 3 aromatic carbocycles. The normalized spacial score (nSPS) is 17.4. The lowest BCUT2D eigenvalue weighted by atomic mass is 9.73. The minimum atomic E-state index is -0.540. The number of amides is 2. The zero-order chi connectivity index (χ0) is 24.8. The van der Waals surface area contributed by atoms with Crippen molar-refractivity contribution in [2.75, 3.05) is 39.4 Å². The number of hydrogen-bond donors (Lipinski definition) is 0. The van der Waals surface area contributed by atoms with E-state index in [0.717, 1.165) is 16.9 Å². The number of nitrogens with zero attached hydrogens (tertiary/aromatic N) is 2. The molecule has 0 N–H and O–H groups in total. The first-order valence-corrected chi connectivity index (χ1v) is 12.6. The van der Waals surface area contributed by atoms with E-state index in [1.807, 2.05) is 82.6 Å². The second-order valence-electron chi connectivity index (χ2n) is 9.44. The van der Waals surface area contributed by atoms with Gasteiger partial charge in [-0.2, -0.15) is 0 Å². The molecule has 5 rings (SSSR count). The molecule has 0 unspecified atom stereocenters. The molecule has 2 aliphatic rings. The first-order chi connectivity index (χ1) is 17.7. The fourth-order valence-corrected chi connectivity index (χ4v) is 5.14. The van der Waals surface area contributed by atoms with Gasteiger partial charge < -0.3 is 19.3 Å². The first kappa shape index (κ1) is 24.1. The Kier molecular flexibility index (Phi) is 7.33. The maximum Gasteiger partial charge on any atom is 0.253 e. The van der Waals surface area contributed by atoms with Crippen LogP contribution in [0.2, 0.25) is 0 Å². The van der Waals surface area contributed by atoms with Crippen molar-refractivity contribution in [3.8, 4) is 5.75 Å². The number of hydrogen-bond acceptors (Lipinski definition) is 4. The number of ether oxygens (including phenoxy) is 2. The first-order valence-electron chi connectivity index (χ1n) is 12.6. The monoisotopic (exact) mass is 484 g/mol. The minimum absolute atomic E-state index is 0.0134. The lowest BCUT2D eigenvalue weighted by molar-refractivity contribution is -0.142. The number of carbonyl (C=O) groups excluding carboxylic acids is 2. The maximum absolute atomic E-state index is 13.8. The molecule has 2 heterocycles. The number of piperazine rings is 1. The molecule has 0 bridgehead atoms. The molecule has 6 heteroatoms. The summed E-state index contributed by atoms with van der Waals surface area (Å²) in [7, 11) is 0. The third kappa shape index (κ3) is 5.14. The van der Waals surface area contributed by atoms with Gasteiger partial charge in [-0.25, -0.2) is 0 Å². The molecular formula is C30H32N2O4. The summed E-state index contributed by atoms with van der Waals surface area (Å²) in [5, 5.41) is 0. The molecule has 0 atom stereocenters. The van der Waals surface area contributed by atoms with Crippen molar-refractivity contribution in [3.05, 3.63) is 102 Å². The summed E-state index contributed by atoms with van der Waals surface area (Å²) in [4.78, 5) is 30.7. The van der Waals surface area contributed by atoms with Crippen LogP contribution in [0.15, 0.2) is 84.9 Å². The van der Waals surface area contributed by atoms with E-state index in [4.69, 9.17) is 9.47 Å². The zero-order valence-corrected chi connectivity index (χ0v) is 20.5. The fourth-order valence-electron chi connectivity index (χ4n) is 5.14. The molecule has 186 valence electrons. The molecule has 0 radical (unpaired) electrons. The van der Waals surface area contributed by atoms with E-state index in [0.29, 0.717) is 64.4 Å². The Balaban J connectivity index is 1.19. The Morgan fingerprint density at radius 3 is 1.97 bits per heavy atom. The third-order valence-corrected chi connectivity index (χ3v) is 7.29. The van der Waals surface area contributed by atoms with E-state index in [9.17, 15) is 9.59 Å². The van der Waals surface area contributed by atoms with Crippen molar-refractivity contribution < 1.29 is 19.1 Å². The lowest BCUT2D eigenvalue weighted by Crippen LogP contribution is -2.56. The maximum atomic E-state index is 13.8. The molecule has 2 fully saturated rings. The highest BCUT2D eigenvalue weighted by Crippen LogP contribution is 2.37. The van der Waals surface area contributed by atoms with Gasteiger partial charge in [0.15, 0.2) is 0 Å². The molecule has 0 spiro atoms. The van der Waals surface area contributed by atoms with Gasteiger partial charge in [0.05, 0.1) is 5.41 Å². The van der Waals surface area contributed by atoms with Gasteiger partial charge in [-0.15, -0.1) is 0 Å². The predicted octanol–water partition coefficient (Wildman–Crippen LogP) is 4.30. The van der Waals surface area contributed by atoms with Crippen LogP contribution in [0.1, 0.15) is 34.3 Å². The van der Waals surface area contributed by atoms with Crippen molar-refractivity contribution in [2.45, 2.75) is 24.9 Å². The topological polar surface area (TPSA) is 59.1 Å². The molecule has 0 saturated carbocycles. The standard InChI is InChI=1S/C30H32N2O4/c33-28(25-11-13-27(14-12-25)36-23-24-7-3-1-4-8-24)31-17-19-32(20-18-31)29(34)30(15-21-35-22-16-30)26-9-5-2-6-10-26/h1-14H,15-23H2. The third-order valence-electron chi connectivity index (χ3n) is 7.29. The highest BCUT2D eigenvalue weighted by Gasteiger charge is 2.44. The average molecular weight is 485 g/mol. The summed E-state index contributed by atoms with van der Waals surface area (Å²) in [6.07, 6.45) is 1.38. The highest BCUT2D eigenvalue weighted by molar-refractivity contribution is 5.95. The van der Waals surface area contributed by atoms with E-state index in [2.05, 4.69) is 12.1 Å². The van der Waals surface area contributed by atoms with Gasteiger partial charge in [0.2, 0.25) is 5.91 Å². The summed E-state index contributed by atoms with van der Waals surface area (Å²) in [5.74, 6) is 0.873. The van der Waals surface area contributed by atoms with E-state index >= 15 is 0 Å². The Labute approximate surface area is 212 Å². The summed E-state index contributed by atoms with van der Waals surface area (Å²) < 4.78 is 11.4. The van der Waals surface area contributed by atoms with Gasteiger partial charge >= 0.3 is 0 Å². The fraction of sp³-hybridized carbons (Fsp3) is 0.333. The van der Waals surface area contributed by atoms with Crippen LogP contribution in [-0.2, 0) is 21.6 Å². The molecule has 2 saturated heterocycles. The molecule has 6 nitrogen and oxygen atoms in total. The van der Waals surface area contributed by atoms with Crippen LogP contribution in [-0.4, -0.2) is 61.0 Å². The van der Waals surface area contributed by atoms with Crippen LogP contribution in [0.5, 0.6) is 5.75 Å². The van der Waals surface area contributed by atoms with Gasteiger partial charge in [-0.05, 0) is 48.2 Å². The second-order valence-corrected chi connectivity index (χ2v) is 9.44. The summed E-state index contributed by atoms with van der Waals surface area (Å²) in [6, 6.07) is 27.4. The summed E-state index contributed by atoms with van der Waals surface area (Å²) in [6.45, 7) is 3.79. The average Bonchev–Trinajstić information content (AvgIpc) is 2.97. The van der Waals surface area contributed by atoms with Crippen LogP contribution in [0.4, 0.5) is 0 Å². The SMILES string of the molecule is O=C(c1ccc(OCc2ccccc2)cc1)N1CCN(C(=O)C2(c3ccccc3)CCOCC2)CC1. The largest absolute Gasteiger partial charge is 0.489 e. The van der Waals surface area contributed by atoms with E-state index in [1.54, 1.807) is 0 Å². The molecule has 2 aliphatic heterocycles. The van der Waals surface area contributed by atoms with E-state index in [1.165, 1.54) is 0 Å². The van der Waals surface area contributed by atoms with E-state index in [-0.39, 0.29) is 11.8 Å².